The summed E-state index contributed by atoms with van der Waals surface area (Å²) in [6.45, 7) is 6.94. The van der Waals surface area contributed by atoms with Crippen molar-refractivity contribution in [2.24, 2.45) is 0 Å². The van der Waals surface area contributed by atoms with E-state index in [0.29, 0.717) is 7.92 Å². The molecule has 166 valence electrons. The van der Waals surface area contributed by atoms with Crippen LogP contribution in [0.4, 0.5) is 0 Å². The van der Waals surface area contributed by atoms with Crippen LogP contribution in [-0.2, 0) is 10.1 Å². The van der Waals surface area contributed by atoms with Crippen LogP contribution in [0.3, 0.4) is 0 Å². The molecule has 0 unspecified atom stereocenters. The highest BCUT2D eigenvalue weighted by Gasteiger charge is 2.27. The van der Waals surface area contributed by atoms with E-state index in [1.165, 1.54) is 38.5 Å². The van der Waals surface area contributed by atoms with Crippen molar-refractivity contribution in [3.8, 4) is 0 Å². The molecule has 0 saturated heterocycles. The van der Waals surface area contributed by atoms with E-state index >= 15 is 0 Å². The standard InChI is InChI=1S/C12H27P.C8H6O7S/c1-4-7-10-13(11-8-5-2)12-9-6-3;9-7(10)4-2-1-3-5(8(11)12)6(4)16(13,14)15/h4-12H2,1-3H3;1-3H,(H,9,10)(H,11,12)(H,13,14,15). The second kappa shape index (κ2) is 14.5. The van der Waals surface area contributed by atoms with Gasteiger partial charge in [0.25, 0.3) is 10.1 Å². The molecule has 9 heteroatoms. The third-order valence-corrected chi connectivity index (χ3v) is 8.02. The van der Waals surface area contributed by atoms with Gasteiger partial charge in [-0.3, -0.25) is 4.55 Å². The summed E-state index contributed by atoms with van der Waals surface area (Å²) < 4.78 is 30.6. The summed E-state index contributed by atoms with van der Waals surface area (Å²) >= 11 is 0. The maximum absolute atomic E-state index is 10.9. The van der Waals surface area contributed by atoms with Crippen molar-refractivity contribution >= 4 is 30.0 Å². The molecule has 0 saturated carbocycles. The van der Waals surface area contributed by atoms with Crippen LogP contribution >= 0.6 is 7.92 Å². The first-order valence-corrected chi connectivity index (χ1v) is 13.2. The molecule has 0 fully saturated rings. The number of benzene rings is 1. The third-order valence-electron chi connectivity index (χ3n) is 4.22. The average molecular weight is 449 g/mol. The Kier molecular flexibility index (Phi) is 13.7. The summed E-state index contributed by atoms with van der Waals surface area (Å²) in [5.41, 5.74) is -1.58. The van der Waals surface area contributed by atoms with Gasteiger partial charge in [0, 0.05) is 0 Å². The minimum atomic E-state index is -4.92. The van der Waals surface area contributed by atoms with Crippen molar-refractivity contribution in [3.63, 3.8) is 0 Å². The molecule has 0 radical (unpaired) electrons. The summed E-state index contributed by atoms with van der Waals surface area (Å²) in [5.74, 6) is -3.29. The Hall–Kier alpha value is -1.50. The van der Waals surface area contributed by atoms with Gasteiger partial charge in [-0.1, -0.05) is 46.1 Å². The van der Waals surface area contributed by atoms with Crippen LogP contribution in [0.15, 0.2) is 23.1 Å². The Morgan fingerprint density at radius 1 is 0.828 bits per heavy atom. The van der Waals surface area contributed by atoms with Gasteiger partial charge in [-0.25, -0.2) is 9.59 Å². The van der Waals surface area contributed by atoms with Gasteiger partial charge < -0.3 is 10.2 Å². The molecule has 0 aromatic heterocycles. The van der Waals surface area contributed by atoms with E-state index in [0.717, 1.165) is 18.2 Å². The van der Waals surface area contributed by atoms with Crippen molar-refractivity contribution in [2.45, 2.75) is 64.2 Å². The first-order chi connectivity index (χ1) is 13.6. The van der Waals surface area contributed by atoms with E-state index < -0.39 is 38.1 Å². The zero-order valence-corrected chi connectivity index (χ0v) is 19.1. The highest BCUT2D eigenvalue weighted by Crippen LogP contribution is 2.38. The molecule has 29 heavy (non-hydrogen) atoms. The molecule has 7 nitrogen and oxygen atoms in total. The fourth-order valence-corrected chi connectivity index (χ4v) is 6.46. The summed E-state index contributed by atoms with van der Waals surface area (Å²) in [4.78, 5) is 20.2. The van der Waals surface area contributed by atoms with Gasteiger partial charge in [0.15, 0.2) is 0 Å². The van der Waals surface area contributed by atoms with Gasteiger partial charge in [0.1, 0.15) is 4.90 Å². The first kappa shape index (κ1) is 27.5. The smallest absolute Gasteiger partial charge is 0.337 e. The number of hydrogen-bond donors (Lipinski definition) is 3. The molecule has 0 heterocycles. The van der Waals surface area contributed by atoms with Crippen LogP contribution in [0.2, 0.25) is 0 Å². The molecule has 1 aromatic rings. The van der Waals surface area contributed by atoms with Crippen molar-refractivity contribution < 1.29 is 32.8 Å². The van der Waals surface area contributed by atoms with Crippen molar-refractivity contribution in [1.82, 2.24) is 0 Å². The Morgan fingerprint density at radius 2 is 1.17 bits per heavy atom. The molecule has 0 amide bonds. The second-order valence-electron chi connectivity index (χ2n) is 6.67. The lowest BCUT2D eigenvalue weighted by molar-refractivity contribution is 0.0688. The molecule has 0 aliphatic heterocycles. The molecule has 0 bridgehead atoms. The third kappa shape index (κ3) is 10.7. The predicted octanol–water partition coefficient (Wildman–Crippen LogP) is 5.20. The second-order valence-corrected chi connectivity index (χ2v) is 10.7. The van der Waals surface area contributed by atoms with Gasteiger partial charge in [0.2, 0.25) is 0 Å². The number of hydrogen-bond acceptors (Lipinski definition) is 4. The number of aromatic carboxylic acids is 2. The number of unbranched alkanes of at least 4 members (excludes halogenated alkanes) is 3. The SMILES string of the molecule is CCCCP(CCCC)CCCC.O=C(O)c1cccc(C(=O)O)c1S(=O)(=O)O. The molecule has 3 N–H and O–H groups in total. The quantitative estimate of drug-likeness (QED) is 0.296. The number of carboxylic acids is 2. The first-order valence-electron chi connectivity index (χ1n) is 9.89. The minimum absolute atomic E-state index is 0.422. The van der Waals surface area contributed by atoms with Crippen molar-refractivity contribution in [3.05, 3.63) is 29.3 Å². The van der Waals surface area contributed by atoms with Gasteiger partial charge in [-0.05, 0) is 49.9 Å². The molecule has 0 atom stereocenters. The topological polar surface area (TPSA) is 129 Å². The summed E-state index contributed by atoms with van der Waals surface area (Å²) in [5, 5.41) is 17.3. The Morgan fingerprint density at radius 3 is 1.41 bits per heavy atom. The van der Waals surface area contributed by atoms with E-state index in [9.17, 15) is 18.0 Å². The molecule has 1 rings (SSSR count). The lowest BCUT2D eigenvalue weighted by Gasteiger charge is -2.16. The van der Waals surface area contributed by atoms with Crippen LogP contribution in [0, 0.1) is 0 Å². The van der Waals surface area contributed by atoms with Gasteiger partial charge in [-0.2, -0.15) is 8.42 Å². The Bertz CT molecular complexity index is 696. The highest BCUT2D eigenvalue weighted by atomic mass is 32.2. The van der Waals surface area contributed by atoms with E-state index in [1.807, 2.05) is 0 Å². The maximum Gasteiger partial charge on any atom is 0.337 e. The maximum atomic E-state index is 10.9. The molecule has 1 aromatic carbocycles. The van der Waals surface area contributed by atoms with E-state index in [4.69, 9.17) is 14.8 Å². The van der Waals surface area contributed by atoms with E-state index in [2.05, 4.69) is 20.8 Å². The van der Waals surface area contributed by atoms with E-state index in [1.54, 1.807) is 18.5 Å². The largest absolute Gasteiger partial charge is 0.478 e. The molecule has 0 spiro atoms. The summed E-state index contributed by atoms with van der Waals surface area (Å²) in [6.07, 6.45) is 13.2. The van der Waals surface area contributed by atoms with Crippen LogP contribution in [-0.4, -0.2) is 53.6 Å². The van der Waals surface area contributed by atoms with Gasteiger partial charge in [0.05, 0.1) is 11.1 Å². The van der Waals surface area contributed by atoms with Crippen molar-refractivity contribution in [2.75, 3.05) is 18.5 Å². The molecular formula is C20H33O7PS. The number of carbonyl (C=O) groups is 2. The van der Waals surface area contributed by atoms with Crippen LogP contribution in [0.5, 0.6) is 0 Å². The minimum Gasteiger partial charge on any atom is -0.478 e. The fourth-order valence-electron chi connectivity index (χ4n) is 2.63. The Labute approximate surface area is 175 Å². The lowest BCUT2D eigenvalue weighted by Crippen LogP contribution is -2.14. The normalized spacial score (nSPS) is 11.1. The van der Waals surface area contributed by atoms with Crippen LogP contribution in [0.25, 0.3) is 0 Å². The van der Waals surface area contributed by atoms with Crippen molar-refractivity contribution in [1.29, 1.82) is 0 Å². The van der Waals surface area contributed by atoms with Crippen LogP contribution in [0.1, 0.15) is 80.0 Å². The van der Waals surface area contributed by atoms with Gasteiger partial charge in [-0.15, -0.1) is 7.92 Å². The molecule has 0 aliphatic carbocycles. The molecule has 0 aliphatic rings. The van der Waals surface area contributed by atoms with E-state index in [-0.39, 0.29) is 0 Å². The zero-order valence-electron chi connectivity index (χ0n) is 17.4. The molecular weight excluding hydrogens is 415 g/mol. The fraction of sp³-hybridized carbons (Fsp3) is 0.600. The number of carboxylic acid groups (broad SMARTS) is 2. The predicted molar refractivity (Wildman–Crippen MR) is 116 cm³/mol. The highest BCUT2D eigenvalue weighted by molar-refractivity contribution is 7.86. The van der Waals surface area contributed by atoms with Gasteiger partial charge >= 0.3 is 11.9 Å². The zero-order chi connectivity index (χ0) is 22.4. The Balaban J connectivity index is 0.000000555. The summed E-state index contributed by atoms with van der Waals surface area (Å²) in [7, 11) is -4.49. The average Bonchev–Trinajstić information content (AvgIpc) is 2.66. The summed E-state index contributed by atoms with van der Waals surface area (Å²) in [6, 6.07) is 2.84. The monoisotopic (exact) mass is 448 g/mol. The lowest BCUT2D eigenvalue weighted by atomic mass is 10.1. The van der Waals surface area contributed by atoms with Crippen LogP contribution < -0.4 is 0 Å². The number of rotatable bonds is 12.